The maximum atomic E-state index is 13.6. The third-order valence-corrected chi connectivity index (χ3v) is 6.38. The number of benzene rings is 3. The van der Waals surface area contributed by atoms with Gasteiger partial charge in [0.05, 0.1) is 18.2 Å². The predicted molar refractivity (Wildman–Crippen MR) is 129 cm³/mol. The van der Waals surface area contributed by atoms with Crippen molar-refractivity contribution in [2.45, 2.75) is 25.4 Å². The number of amides is 2. The summed E-state index contributed by atoms with van der Waals surface area (Å²) in [4.78, 5) is 29.8. The first-order valence-corrected chi connectivity index (χ1v) is 11.5. The van der Waals surface area contributed by atoms with Gasteiger partial charge in [0, 0.05) is 18.7 Å². The van der Waals surface area contributed by atoms with Crippen LogP contribution < -0.4 is 4.74 Å². The second-order valence-corrected chi connectivity index (χ2v) is 8.77. The molecule has 5 nitrogen and oxygen atoms in total. The molecule has 1 fully saturated rings. The van der Waals surface area contributed by atoms with E-state index in [9.17, 15) is 14.0 Å². The zero-order chi connectivity index (χ0) is 24.1. The molecule has 34 heavy (non-hydrogen) atoms. The van der Waals surface area contributed by atoms with E-state index in [1.54, 1.807) is 53.3 Å². The molecule has 3 aromatic carbocycles. The monoisotopic (exact) mass is 480 g/mol. The fourth-order valence-corrected chi connectivity index (χ4v) is 4.43. The summed E-state index contributed by atoms with van der Waals surface area (Å²) in [6, 6.07) is 21.2. The summed E-state index contributed by atoms with van der Waals surface area (Å²) < 4.78 is 18.8. The Balaban J connectivity index is 1.54. The third kappa shape index (κ3) is 5.57. The highest BCUT2D eigenvalue weighted by atomic mass is 35.5. The normalized spacial score (nSPS) is 16.0. The van der Waals surface area contributed by atoms with Gasteiger partial charge >= 0.3 is 0 Å². The number of rotatable bonds is 7. The number of ether oxygens (including phenoxy) is 1. The quantitative estimate of drug-likeness (QED) is 0.479. The Morgan fingerprint density at radius 2 is 1.79 bits per heavy atom. The van der Waals surface area contributed by atoms with Crippen molar-refractivity contribution in [3.63, 3.8) is 0 Å². The average Bonchev–Trinajstić information content (AvgIpc) is 2.86. The van der Waals surface area contributed by atoms with Crippen molar-refractivity contribution in [2.75, 3.05) is 20.2 Å². The molecule has 1 saturated heterocycles. The van der Waals surface area contributed by atoms with E-state index in [0.29, 0.717) is 30.8 Å². The van der Waals surface area contributed by atoms with Crippen molar-refractivity contribution in [1.29, 1.82) is 0 Å². The lowest BCUT2D eigenvalue weighted by molar-refractivity contribution is -0.139. The maximum Gasteiger partial charge on any atom is 0.254 e. The molecule has 0 bridgehead atoms. The lowest BCUT2D eigenvalue weighted by Crippen LogP contribution is -2.57. The van der Waals surface area contributed by atoms with E-state index in [2.05, 4.69) is 12.1 Å². The van der Waals surface area contributed by atoms with Crippen molar-refractivity contribution in [1.82, 2.24) is 9.80 Å². The van der Waals surface area contributed by atoms with E-state index in [0.717, 1.165) is 12.0 Å². The number of carbonyl (C=O) groups excluding carboxylic acids is 2. The van der Waals surface area contributed by atoms with Gasteiger partial charge in [-0.3, -0.25) is 9.59 Å². The van der Waals surface area contributed by atoms with Crippen LogP contribution in [0.3, 0.4) is 0 Å². The first kappa shape index (κ1) is 23.8. The van der Waals surface area contributed by atoms with Crippen LogP contribution in [0.25, 0.3) is 0 Å². The number of carbonyl (C=O) groups is 2. The van der Waals surface area contributed by atoms with E-state index < -0.39 is 5.82 Å². The summed E-state index contributed by atoms with van der Waals surface area (Å²) in [5.74, 6) is -0.166. The van der Waals surface area contributed by atoms with Gasteiger partial charge in [-0.1, -0.05) is 48.0 Å². The van der Waals surface area contributed by atoms with Crippen LogP contribution in [0.2, 0.25) is 5.02 Å². The topological polar surface area (TPSA) is 49.9 Å². The molecular weight excluding hydrogens is 455 g/mol. The fourth-order valence-electron chi connectivity index (χ4n) is 4.22. The standard InChI is InChI=1S/C27H26ClFN2O3/c1-34-23-12-9-21(10-13-23)27(33)30-17-22(11-7-19-5-3-2-4-6-19)31(26(32)18-30)16-20-8-14-25(29)24(28)15-20/h2-6,8-10,12-15,22H,7,11,16-18H2,1H3/t22-/m0/s1. The molecule has 1 aliphatic rings. The van der Waals surface area contributed by atoms with Gasteiger partial charge in [0.25, 0.3) is 5.91 Å². The summed E-state index contributed by atoms with van der Waals surface area (Å²) in [6.45, 7) is 0.711. The highest BCUT2D eigenvalue weighted by Gasteiger charge is 2.35. The molecule has 0 saturated carbocycles. The third-order valence-electron chi connectivity index (χ3n) is 6.09. The second kappa shape index (κ2) is 10.7. The van der Waals surface area contributed by atoms with E-state index in [1.807, 2.05) is 18.2 Å². The fraction of sp³-hybridized carbons (Fsp3) is 0.259. The van der Waals surface area contributed by atoms with Gasteiger partial charge in [0.2, 0.25) is 5.91 Å². The van der Waals surface area contributed by atoms with Crippen LogP contribution in [0.1, 0.15) is 27.9 Å². The first-order chi connectivity index (χ1) is 16.4. The molecule has 0 aliphatic carbocycles. The van der Waals surface area contributed by atoms with Crippen molar-refractivity contribution < 1.29 is 18.7 Å². The number of piperazine rings is 1. The van der Waals surface area contributed by atoms with Crippen molar-refractivity contribution in [3.8, 4) is 5.75 Å². The number of hydrogen-bond acceptors (Lipinski definition) is 3. The Hall–Kier alpha value is -3.38. The summed E-state index contributed by atoms with van der Waals surface area (Å²) in [6.07, 6.45) is 1.46. The minimum Gasteiger partial charge on any atom is -0.497 e. The summed E-state index contributed by atoms with van der Waals surface area (Å²) in [5, 5.41) is 0.0269. The molecule has 1 atom stereocenters. The SMILES string of the molecule is COc1ccc(C(=O)N2CC(=O)N(Cc3ccc(F)c(Cl)c3)[C@@H](CCc3ccccc3)C2)cc1. The smallest absolute Gasteiger partial charge is 0.254 e. The highest BCUT2D eigenvalue weighted by Crippen LogP contribution is 2.24. The van der Waals surface area contributed by atoms with E-state index in [4.69, 9.17) is 16.3 Å². The number of halogens is 2. The predicted octanol–water partition coefficient (Wildman–Crippen LogP) is 4.97. The molecule has 0 N–H and O–H groups in total. The number of nitrogens with zero attached hydrogens (tertiary/aromatic N) is 2. The van der Waals surface area contributed by atoms with Crippen LogP contribution in [0.15, 0.2) is 72.8 Å². The molecule has 4 rings (SSSR count). The van der Waals surface area contributed by atoms with Gasteiger partial charge < -0.3 is 14.5 Å². The average molecular weight is 481 g/mol. The molecule has 1 aliphatic heterocycles. The molecule has 1 heterocycles. The highest BCUT2D eigenvalue weighted by molar-refractivity contribution is 6.30. The second-order valence-electron chi connectivity index (χ2n) is 8.36. The van der Waals surface area contributed by atoms with Gasteiger partial charge in [-0.2, -0.15) is 0 Å². The first-order valence-electron chi connectivity index (χ1n) is 11.1. The Kier molecular flexibility index (Phi) is 7.48. The van der Waals surface area contributed by atoms with E-state index >= 15 is 0 Å². The van der Waals surface area contributed by atoms with Crippen molar-refractivity contribution in [2.24, 2.45) is 0 Å². The molecule has 0 radical (unpaired) electrons. The van der Waals surface area contributed by atoms with Crippen molar-refractivity contribution >= 4 is 23.4 Å². The Morgan fingerprint density at radius 3 is 2.47 bits per heavy atom. The van der Waals surface area contributed by atoms with Gasteiger partial charge in [0.15, 0.2) is 0 Å². The van der Waals surface area contributed by atoms with Gasteiger partial charge in [0.1, 0.15) is 18.1 Å². The zero-order valence-corrected chi connectivity index (χ0v) is 19.7. The Bertz CT molecular complexity index is 1150. The Labute approximate surface area is 203 Å². The minimum atomic E-state index is -0.493. The summed E-state index contributed by atoms with van der Waals surface area (Å²) in [7, 11) is 1.57. The molecule has 0 spiro atoms. The minimum absolute atomic E-state index is 0.0123. The van der Waals surface area contributed by atoms with Gasteiger partial charge in [-0.05, 0) is 60.4 Å². The number of methoxy groups -OCH3 is 1. The Morgan fingerprint density at radius 1 is 1.06 bits per heavy atom. The van der Waals surface area contributed by atoms with Crippen LogP contribution in [0.4, 0.5) is 4.39 Å². The molecule has 2 amide bonds. The van der Waals surface area contributed by atoms with E-state index in [-0.39, 0.29) is 29.4 Å². The molecule has 0 unspecified atom stereocenters. The van der Waals surface area contributed by atoms with Gasteiger partial charge in [-0.25, -0.2) is 4.39 Å². The summed E-state index contributed by atoms with van der Waals surface area (Å²) >= 11 is 5.96. The largest absolute Gasteiger partial charge is 0.497 e. The maximum absolute atomic E-state index is 13.6. The van der Waals surface area contributed by atoms with Gasteiger partial charge in [-0.15, -0.1) is 0 Å². The molecular formula is C27H26ClFN2O3. The lowest BCUT2D eigenvalue weighted by atomic mass is 10.00. The van der Waals surface area contributed by atoms with Crippen molar-refractivity contribution in [3.05, 3.63) is 100 Å². The summed E-state index contributed by atoms with van der Waals surface area (Å²) in [5.41, 5.74) is 2.42. The van der Waals surface area contributed by atoms with Crippen LogP contribution in [0.5, 0.6) is 5.75 Å². The van der Waals surface area contributed by atoms with Crippen LogP contribution in [-0.4, -0.2) is 47.9 Å². The molecule has 7 heteroatoms. The number of hydrogen-bond donors (Lipinski definition) is 0. The van der Waals surface area contributed by atoms with Crippen LogP contribution >= 0.6 is 11.6 Å². The molecule has 176 valence electrons. The molecule has 0 aromatic heterocycles. The molecule has 3 aromatic rings. The van der Waals surface area contributed by atoms with E-state index in [1.165, 1.54) is 11.6 Å². The number of aryl methyl sites for hydroxylation is 1. The lowest BCUT2D eigenvalue weighted by Gasteiger charge is -2.41. The van der Waals surface area contributed by atoms with Crippen LogP contribution in [-0.2, 0) is 17.8 Å². The van der Waals surface area contributed by atoms with Crippen LogP contribution in [0, 0.1) is 5.82 Å². The zero-order valence-electron chi connectivity index (χ0n) is 18.9.